The number of carbonyl (C=O) groups excluding carboxylic acids is 1. The maximum atomic E-state index is 13.2. The number of pyridine rings is 2. The Morgan fingerprint density at radius 2 is 1.81 bits per heavy atom. The molecule has 1 amide bonds. The average molecular weight is 418 g/mol. The highest BCUT2D eigenvalue weighted by atomic mass is 19.1. The molecule has 2 aromatic heterocycles. The third-order valence-electron chi connectivity index (χ3n) is 4.68. The van der Waals surface area contributed by atoms with Crippen molar-refractivity contribution in [3.8, 4) is 0 Å². The Morgan fingerprint density at radius 1 is 1.10 bits per heavy atom. The molecule has 0 aliphatic heterocycles. The second-order valence-corrected chi connectivity index (χ2v) is 6.75. The van der Waals surface area contributed by atoms with Crippen molar-refractivity contribution >= 4 is 28.3 Å². The molecule has 0 unspecified atom stereocenters. The zero-order valence-corrected chi connectivity index (χ0v) is 16.0. The summed E-state index contributed by atoms with van der Waals surface area (Å²) in [6, 6.07) is 15.8. The minimum atomic E-state index is -0.655. The molecule has 0 radical (unpaired) electrons. The highest BCUT2D eigenvalue weighted by Gasteiger charge is 2.17. The van der Waals surface area contributed by atoms with Crippen LogP contribution >= 0.6 is 0 Å². The minimum Gasteiger partial charge on any atom is -0.322 e. The summed E-state index contributed by atoms with van der Waals surface area (Å²) in [5.41, 5.74) is 0.589. The van der Waals surface area contributed by atoms with Gasteiger partial charge in [-0.05, 0) is 48.0 Å². The number of non-ortho nitro benzene ring substituents is 1. The summed E-state index contributed by atoms with van der Waals surface area (Å²) >= 11 is 0. The van der Waals surface area contributed by atoms with Gasteiger partial charge < -0.3 is 5.32 Å². The molecule has 0 bridgehead atoms. The molecule has 0 atom stereocenters. The van der Waals surface area contributed by atoms with Crippen LogP contribution in [0.25, 0.3) is 11.0 Å². The fourth-order valence-electron chi connectivity index (χ4n) is 3.15. The van der Waals surface area contributed by atoms with Gasteiger partial charge in [-0.2, -0.15) is 0 Å². The van der Waals surface area contributed by atoms with Gasteiger partial charge in [0, 0.05) is 29.4 Å². The van der Waals surface area contributed by atoms with Gasteiger partial charge in [-0.25, -0.2) is 9.37 Å². The quantitative estimate of drug-likeness (QED) is 0.392. The van der Waals surface area contributed by atoms with E-state index < -0.39 is 22.2 Å². The van der Waals surface area contributed by atoms with Crippen LogP contribution in [-0.2, 0) is 6.54 Å². The Morgan fingerprint density at radius 3 is 2.48 bits per heavy atom. The smallest absolute Gasteiger partial charge is 0.269 e. The number of nitrogens with one attached hydrogen (secondary N) is 1. The van der Waals surface area contributed by atoms with E-state index in [4.69, 9.17) is 0 Å². The summed E-state index contributed by atoms with van der Waals surface area (Å²) in [6.07, 6.45) is 1.54. The van der Waals surface area contributed by atoms with Crippen LogP contribution in [0.2, 0.25) is 0 Å². The minimum absolute atomic E-state index is 0.102. The van der Waals surface area contributed by atoms with Crippen molar-refractivity contribution in [1.29, 1.82) is 0 Å². The molecule has 1 N–H and O–H groups in total. The number of hydrogen-bond acceptors (Lipinski definition) is 5. The average Bonchev–Trinajstić information content (AvgIpc) is 2.77. The predicted octanol–water partition coefficient (Wildman–Crippen LogP) is 3.74. The number of hydrogen-bond donors (Lipinski definition) is 1. The van der Waals surface area contributed by atoms with Crippen molar-refractivity contribution in [1.82, 2.24) is 9.55 Å². The van der Waals surface area contributed by atoms with E-state index in [1.165, 1.54) is 47.0 Å². The molecule has 154 valence electrons. The molecule has 2 heterocycles. The van der Waals surface area contributed by atoms with Gasteiger partial charge in [0.25, 0.3) is 17.2 Å². The highest BCUT2D eigenvalue weighted by Crippen LogP contribution is 2.17. The number of nitro groups is 1. The maximum Gasteiger partial charge on any atom is 0.269 e. The molecule has 0 saturated heterocycles. The van der Waals surface area contributed by atoms with Gasteiger partial charge in [0.15, 0.2) is 0 Å². The molecule has 0 fully saturated rings. The van der Waals surface area contributed by atoms with Gasteiger partial charge >= 0.3 is 0 Å². The molecule has 2 aromatic carbocycles. The molecule has 8 nitrogen and oxygen atoms in total. The predicted molar refractivity (Wildman–Crippen MR) is 113 cm³/mol. The number of carbonyl (C=O) groups is 1. The third kappa shape index (κ3) is 4.15. The lowest BCUT2D eigenvalue weighted by Gasteiger charge is -2.12. The monoisotopic (exact) mass is 418 g/mol. The van der Waals surface area contributed by atoms with Crippen molar-refractivity contribution in [3.63, 3.8) is 0 Å². The van der Waals surface area contributed by atoms with Gasteiger partial charge in [0.05, 0.1) is 11.5 Å². The standard InChI is InChI=1S/C22H15FN4O4/c23-16-5-3-14(4-6-16)13-26-20-15(2-1-11-24-20)12-19(22(26)29)21(28)25-17-7-9-18(10-8-17)27(30)31/h1-12H,13H2,(H,25,28). The van der Waals surface area contributed by atoms with Crippen molar-refractivity contribution in [2.75, 3.05) is 5.32 Å². The molecule has 9 heteroatoms. The zero-order chi connectivity index (χ0) is 22.0. The van der Waals surface area contributed by atoms with Crippen LogP contribution in [0.4, 0.5) is 15.8 Å². The molecule has 0 saturated carbocycles. The number of benzene rings is 2. The van der Waals surface area contributed by atoms with Crippen LogP contribution in [0.3, 0.4) is 0 Å². The van der Waals surface area contributed by atoms with Crippen molar-refractivity contribution in [3.05, 3.63) is 110 Å². The topological polar surface area (TPSA) is 107 Å². The van der Waals surface area contributed by atoms with Crippen LogP contribution in [-0.4, -0.2) is 20.4 Å². The fourth-order valence-corrected chi connectivity index (χ4v) is 3.15. The second kappa shape index (κ2) is 8.15. The van der Waals surface area contributed by atoms with E-state index in [0.717, 1.165) is 0 Å². The normalized spacial score (nSPS) is 10.7. The van der Waals surface area contributed by atoms with Gasteiger partial charge in [-0.1, -0.05) is 12.1 Å². The summed E-state index contributed by atoms with van der Waals surface area (Å²) in [5.74, 6) is -1.05. The second-order valence-electron chi connectivity index (χ2n) is 6.75. The maximum absolute atomic E-state index is 13.2. The van der Waals surface area contributed by atoms with Crippen LogP contribution in [0.15, 0.2) is 77.7 Å². The Labute approximate surface area is 174 Å². The summed E-state index contributed by atoms with van der Waals surface area (Å²) < 4.78 is 14.6. The number of aromatic nitrogens is 2. The lowest BCUT2D eigenvalue weighted by Crippen LogP contribution is -2.30. The first-order chi connectivity index (χ1) is 14.9. The first kappa shape index (κ1) is 19.9. The van der Waals surface area contributed by atoms with Crippen LogP contribution < -0.4 is 10.9 Å². The van der Waals surface area contributed by atoms with E-state index in [9.17, 15) is 24.1 Å². The number of rotatable bonds is 5. The van der Waals surface area contributed by atoms with Gasteiger partial charge in [0.1, 0.15) is 17.0 Å². The third-order valence-corrected chi connectivity index (χ3v) is 4.68. The Hall–Kier alpha value is -4.40. The number of anilines is 1. The van der Waals surface area contributed by atoms with E-state index in [1.54, 1.807) is 30.5 Å². The molecule has 4 aromatic rings. The largest absolute Gasteiger partial charge is 0.322 e. The van der Waals surface area contributed by atoms with Crippen molar-refractivity contribution in [2.24, 2.45) is 0 Å². The fraction of sp³-hybridized carbons (Fsp3) is 0.0455. The molecule has 4 rings (SSSR count). The van der Waals surface area contributed by atoms with E-state index >= 15 is 0 Å². The first-order valence-electron chi connectivity index (χ1n) is 9.21. The Kier molecular flexibility index (Phi) is 5.23. The number of nitrogens with zero attached hydrogens (tertiary/aromatic N) is 3. The van der Waals surface area contributed by atoms with Crippen molar-refractivity contribution < 1.29 is 14.1 Å². The van der Waals surface area contributed by atoms with Crippen LogP contribution in [0, 0.1) is 15.9 Å². The molecule has 0 spiro atoms. The first-order valence-corrected chi connectivity index (χ1v) is 9.21. The van der Waals surface area contributed by atoms with E-state index in [0.29, 0.717) is 22.3 Å². The highest BCUT2D eigenvalue weighted by molar-refractivity contribution is 6.05. The van der Waals surface area contributed by atoms with Crippen molar-refractivity contribution in [2.45, 2.75) is 6.54 Å². The van der Waals surface area contributed by atoms with Gasteiger partial charge in [0.2, 0.25) is 0 Å². The number of nitro benzene ring substituents is 1. The SMILES string of the molecule is O=C(Nc1ccc([N+](=O)[O-])cc1)c1cc2cccnc2n(Cc2ccc(F)cc2)c1=O. The summed E-state index contributed by atoms with van der Waals surface area (Å²) in [4.78, 5) is 40.4. The van der Waals surface area contributed by atoms with E-state index in [-0.39, 0.29) is 17.8 Å². The summed E-state index contributed by atoms with van der Waals surface area (Å²) in [5, 5.41) is 13.9. The molecule has 0 aliphatic rings. The molecule has 0 aliphatic carbocycles. The summed E-state index contributed by atoms with van der Waals surface area (Å²) in [6.45, 7) is 0.102. The molecular formula is C22H15FN4O4. The van der Waals surface area contributed by atoms with E-state index in [1.807, 2.05) is 0 Å². The number of fused-ring (bicyclic) bond motifs is 1. The van der Waals surface area contributed by atoms with Gasteiger partial charge in [-0.15, -0.1) is 0 Å². The Bertz CT molecular complexity index is 1350. The number of halogens is 1. The van der Waals surface area contributed by atoms with Crippen LogP contribution in [0.5, 0.6) is 0 Å². The zero-order valence-electron chi connectivity index (χ0n) is 16.0. The van der Waals surface area contributed by atoms with Gasteiger partial charge in [-0.3, -0.25) is 24.3 Å². The Balaban J connectivity index is 1.73. The number of amides is 1. The summed E-state index contributed by atoms with van der Waals surface area (Å²) in [7, 11) is 0. The lowest BCUT2D eigenvalue weighted by molar-refractivity contribution is -0.384. The lowest BCUT2D eigenvalue weighted by atomic mass is 10.1. The van der Waals surface area contributed by atoms with E-state index in [2.05, 4.69) is 10.3 Å². The van der Waals surface area contributed by atoms with Crippen LogP contribution in [0.1, 0.15) is 15.9 Å². The molecule has 31 heavy (non-hydrogen) atoms. The molecular weight excluding hydrogens is 403 g/mol.